The average Bonchev–Trinajstić information content (AvgIpc) is 2.38. The summed E-state index contributed by atoms with van der Waals surface area (Å²) >= 11 is 5.72. The second-order valence-electron chi connectivity index (χ2n) is 3.83. The van der Waals surface area contributed by atoms with E-state index in [0.717, 1.165) is 11.8 Å². The summed E-state index contributed by atoms with van der Waals surface area (Å²) in [5, 5.41) is 11.0. The SMILES string of the molecule is COc1ccc(C)cc1-c1nc(Cl)ncc1[N+](=O)[O-]. The minimum atomic E-state index is -0.548. The standard InChI is InChI=1S/C12H10ClN3O3/c1-7-3-4-10(19-2)8(5-7)11-9(16(17)18)6-14-12(13)15-11/h3-6H,1-2H3. The van der Waals surface area contributed by atoms with Gasteiger partial charge in [0.05, 0.1) is 12.0 Å². The van der Waals surface area contributed by atoms with Gasteiger partial charge in [-0.3, -0.25) is 10.1 Å². The molecule has 0 atom stereocenters. The third kappa shape index (κ3) is 2.63. The fourth-order valence-electron chi connectivity index (χ4n) is 1.69. The van der Waals surface area contributed by atoms with E-state index in [1.807, 2.05) is 13.0 Å². The van der Waals surface area contributed by atoms with Crippen LogP contribution in [-0.2, 0) is 0 Å². The highest BCUT2D eigenvalue weighted by Crippen LogP contribution is 2.35. The molecule has 0 aliphatic heterocycles. The van der Waals surface area contributed by atoms with Crippen molar-refractivity contribution in [3.05, 3.63) is 45.4 Å². The molecule has 0 N–H and O–H groups in total. The number of methoxy groups -OCH3 is 1. The smallest absolute Gasteiger partial charge is 0.313 e. The van der Waals surface area contributed by atoms with Crippen molar-refractivity contribution in [1.82, 2.24) is 9.97 Å². The van der Waals surface area contributed by atoms with Gasteiger partial charge < -0.3 is 4.74 Å². The molecule has 0 aliphatic carbocycles. The Morgan fingerprint density at radius 3 is 2.79 bits per heavy atom. The lowest BCUT2D eigenvalue weighted by molar-refractivity contribution is -0.384. The van der Waals surface area contributed by atoms with Crippen molar-refractivity contribution < 1.29 is 9.66 Å². The van der Waals surface area contributed by atoms with E-state index in [2.05, 4.69) is 9.97 Å². The van der Waals surface area contributed by atoms with Crippen LogP contribution in [0.1, 0.15) is 5.56 Å². The molecule has 6 nitrogen and oxygen atoms in total. The minimum absolute atomic E-state index is 0.0517. The van der Waals surface area contributed by atoms with E-state index >= 15 is 0 Å². The Bertz CT molecular complexity index is 646. The van der Waals surface area contributed by atoms with Crippen LogP contribution in [0.5, 0.6) is 5.75 Å². The van der Waals surface area contributed by atoms with Gasteiger partial charge in [0.1, 0.15) is 11.9 Å². The fraction of sp³-hybridized carbons (Fsp3) is 0.167. The van der Waals surface area contributed by atoms with Crippen LogP contribution in [0.4, 0.5) is 5.69 Å². The number of aryl methyl sites for hydroxylation is 1. The number of hydrogen-bond donors (Lipinski definition) is 0. The first-order valence-corrected chi connectivity index (χ1v) is 5.72. The van der Waals surface area contributed by atoms with E-state index in [4.69, 9.17) is 16.3 Å². The zero-order valence-corrected chi connectivity index (χ0v) is 11.0. The van der Waals surface area contributed by atoms with Crippen molar-refractivity contribution in [3.63, 3.8) is 0 Å². The zero-order valence-electron chi connectivity index (χ0n) is 10.3. The van der Waals surface area contributed by atoms with Crippen molar-refractivity contribution in [2.45, 2.75) is 6.92 Å². The summed E-state index contributed by atoms with van der Waals surface area (Å²) in [5.41, 5.74) is 1.37. The summed E-state index contributed by atoms with van der Waals surface area (Å²) in [6.07, 6.45) is 1.09. The van der Waals surface area contributed by atoms with Gasteiger partial charge in [-0.1, -0.05) is 11.6 Å². The second-order valence-corrected chi connectivity index (χ2v) is 4.17. The van der Waals surface area contributed by atoms with E-state index in [1.54, 1.807) is 12.1 Å². The minimum Gasteiger partial charge on any atom is -0.496 e. The monoisotopic (exact) mass is 279 g/mol. The molecule has 0 spiro atoms. The van der Waals surface area contributed by atoms with Gasteiger partial charge >= 0.3 is 5.69 Å². The van der Waals surface area contributed by atoms with Crippen LogP contribution >= 0.6 is 11.6 Å². The largest absolute Gasteiger partial charge is 0.496 e. The third-order valence-corrected chi connectivity index (χ3v) is 2.73. The molecular formula is C12H10ClN3O3. The van der Waals surface area contributed by atoms with Gasteiger partial charge in [-0.2, -0.15) is 0 Å². The van der Waals surface area contributed by atoms with Crippen LogP contribution < -0.4 is 4.74 Å². The maximum atomic E-state index is 11.0. The van der Waals surface area contributed by atoms with E-state index < -0.39 is 4.92 Å². The number of ether oxygens (including phenoxy) is 1. The normalized spacial score (nSPS) is 10.3. The topological polar surface area (TPSA) is 78.2 Å². The van der Waals surface area contributed by atoms with E-state index in [0.29, 0.717) is 11.3 Å². The van der Waals surface area contributed by atoms with Crippen LogP contribution in [0.15, 0.2) is 24.4 Å². The van der Waals surface area contributed by atoms with Crippen LogP contribution in [0.25, 0.3) is 11.3 Å². The molecule has 2 rings (SSSR count). The van der Waals surface area contributed by atoms with Gasteiger partial charge in [-0.15, -0.1) is 0 Å². The number of halogens is 1. The van der Waals surface area contributed by atoms with E-state index in [1.165, 1.54) is 7.11 Å². The number of nitro groups is 1. The molecule has 0 aliphatic rings. The van der Waals surface area contributed by atoms with E-state index in [-0.39, 0.29) is 16.7 Å². The van der Waals surface area contributed by atoms with Crippen LogP contribution in [0, 0.1) is 17.0 Å². The third-order valence-electron chi connectivity index (χ3n) is 2.55. The highest BCUT2D eigenvalue weighted by atomic mass is 35.5. The highest BCUT2D eigenvalue weighted by Gasteiger charge is 2.21. The first kappa shape index (κ1) is 13.2. The summed E-state index contributed by atoms with van der Waals surface area (Å²) in [7, 11) is 1.49. The molecule has 98 valence electrons. The summed E-state index contributed by atoms with van der Waals surface area (Å²) in [6.45, 7) is 1.87. The Morgan fingerprint density at radius 1 is 1.42 bits per heavy atom. The Labute approximate surface area is 114 Å². The van der Waals surface area contributed by atoms with Gasteiger partial charge in [-0.05, 0) is 30.7 Å². The van der Waals surface area contributed by atoms with Gasteiger partial charge in [0.2, 0.25) is 5.28 Å². The Hall–Kier alpha value is -2.21. The average molecular weight is 280 g/mol. The van der Waals surface area contributed by atoms with Gasteiger partial charge in [0, 0.05) is 5.56 Å². The van der Waals surface area contributed by atoms with Crippen molar-refractivity contribution in [2.75, 3.05) is 7.11 Å². The van der Waals surface area contributed by atoms with Gasteiger partial charge in [-0.25, -0.2) is 9.97 Å². The van der Waals surface area contributed by atoms with Crippen molar-refractivity contribution in [3.8, 4) is 17.0 Å². The molecule has 0 saturated carbocycles. The van der Waals surface area contributed by atoms with E-state index in [9.17, 15) is 10.1 Å². The zero-order chi connectivity index (χ0) is 14.0. The Morgan fingerprint density at radius 2 is 2.16 bits per heavy atom. The van der Waals surface area contributed by atoms with Crippen LogP contribution in [0.2, 0.25) is 5.28 Å². The molecule has 1 aromatic heterocycles. The second kappa shape index (κ2) is 5.19. The molecule has 0 radical (unpaired) electrons. The molecule has 1 aromatic carbocycles. The number of nitrogens with zero attached hydrogens (tertiary/aromatic N) is 3. The predicted octanol–water partition coefficient (Wildman–Crippen LogP) is 3.02. The Balaban J connectivity index is 2.73. The molecule has 0 bridgehead atoms. The Kier molecular flexibility index (Phi) is 3.62. The van der Waals surface area contributed by atoms with Gasteiger partial charge in [0.15, 0.2) is 5.69 Å². The molecule has 0 unspecified atom stereocenters. The summed E-state index contributed by atoms with van der Waals surface area (Å²) in [5.74, 6) is 0.489. The lowest BCUT2D eigenvalue weighted by atomic mass is 10.1. The van der Waals surface area contributed by atoms with Crippen LogP contribution in [-0.4, -0.2) is 22.0 Å². The molecule has 7 heteroatoms. The highest BCUT2D eigenvalue weighted by molar-refractivity contribution is 6.28. The molecule has 0 amide bonds. The number of rotatable bonds is 3. The maximum Gasteiger partial charge on any atom is 0.313 e. The predicted molar refractivity (Wildman–Crippen MR) is 70.4 cm³/mol. The summed E-state index contributed by atoms with van der Waals surface area (Å²) in [4.78, 5) is 18.1. The fourth-order valence-corrected chi connectivity index (χ4v) is 1.83. The maximum absolute atomic E-state index is 11.0. The lowest BCUT2D eigenvalue weighted by Crippen LogP contribution is -1.99. The first-order chi connectivity index (χ1) is 9.02. The van der Waals surface area contributed by atoms with Crippen molar-refractivity contribution >= 4 is 17.3 Å². The first-order valence-electron chi connectivity index (χ1n) is 5.35. The van der Waals surface area contributed by atoms with Crippen LogP contribution in [0.3, 0.4) is 0 Å². The molecule has 1 heterocycles. The number of hydrogen-bond acceptors (Lipinski definition) is 5. The molecule has 0 fully saturated rings. The molecule has 0 saturated heterocycles. The van der Waals surface area contributed by atoms with Gasteiger partial charge in [0.25, 0.3) is 0 Å². The number of benzene rings is 1. The molecule has 2 aromatic rings. The molecule has 19 heavy (non-hydrogen) atoms. The lowest BCUT2D eigenvalue weighted by Gasteiger charge is -2.09. The quantitative estimate of drug-likeness (QED) is 0.490. The molecular weight excluding hydrogens is 270 g/mol. The van der Waals surface area contributed by atoms with Crippen molar-refractivity contribution in [1.29, 1.82) is 0 Å². The summed E-state index contributed by atoms with van der Waals surface area (Å²) in [6, 6.07) is 5.33. The van der Waals surface area contributed by atoms with Crippen molar-refractivity contribution in [2.24, 2.45) is 0 Å². The summed E-state index contributed by atoms with van der Waals surface area (Å²) < 4.78 is 5.20. The number of aromatic nitrogens is 2.